The molecule has 3 heterocycles. The Balaban J connectivity index is 1.32. The van der Waals surface area contributed by atoms with Crippen LogP contribution in [-0.4, -0.2) is 68.5 Å². The number of morpholine rings is 1. The summed E-state index contributed by atoms with van der Waals surface area (Å²) < 4.78 is 28.0. The van der Waals surface area contributed by atoms with Crippen LogP contribution in [0.25, 0.3) is 11.0 Å². The molecule has 2 aliphatic heterocycles. The van der Waals surface area contributed by atoms with Crippen LogP contribution in [-0.2, 0) is 16.0 Å². The van der Waals surface area contributed by atoms with Crippen LogP contribution in [0.15, 0.2) is 51.9 Å². The van der Waals surface area contributed by atoms with E-state index in [4.69, 9.17) is 23.4 Å². The molecule has 2 aromatic carbocycles. The molecule has 35 heavy (non-hydrogen) atoms. The van der Waals surface area contributed by atoms with Gasteiger partial charge in [0, 0.05) is 32.7 Å². The van der Waals surface area contributed by atoms with Crippen molar-refractivity contribution in [2.75, 3.05) is 52.7 Å². The Morgan fingerprint density at radius 1 is 1.03 bits per heavy atom. The first-order valence-corrected chi connectivity index (χ1v) is 11.8. The van der Waals surface area contributed by atoms with Gasteiger partial charge in [-0.1, -0.05) is 0 Å². The molecule has 1 saturated heterocycles. The summed E-state index contributed by atoms with van der Waals surface area (Å²) >= 11 is 0. The fourth-order valence-electron chi connectivity index (χ4n) is 4.26. The molecule has 0 aliphatic carbocycles. The Bertz CT molecular complexity index is 1250. The van der Waals surface area contributed by atoms with E-state index < -0.39 is 5.97 Å². The van der Waals surface area contributed by atoms with Crippen LogP contribution in [0.5, 0.6) is 17.2 Å². The molecular formula is C26H28N2O7. The lowest BCUT2D eigenvalue weighted by Crippen LogP contribution is -2.43. The Labute approximate surface area is 202 Å². The Morgan fingerprint density at radius 3 is 2.57 bits per heavy atom. The first-order chi connectivity index (χ1) is 17.1. The molecule has 0 atom stereocenters. The van der Waals surface area contributed by atoms with Crippen molar-refractivity contribution < 1.29 is 28.2 Å². The molecule has 2 aliphatic rings. The highest BCUT2D eigenvalue weighted by atomic mass is 16.5. The third-order valence-corrected chi connectivity index (χ3v) is 6.18. The minimum absolute atomic E-state index is 0.0715. The fraction of sp³-hybridized carbons (Fsp3) is 0.385. The smallest absolute Gasteiger partial charge is 0.338 e. The van der Waals surface area contributed by atoms with Crippen LogP contribution in [0.1, 0.15) is 22.8 Å². The number of rotatable bonds is 7. The van der Waals surface area contributed by atoms with Gasteiger partial charge in [0.05, 0.1) is 36.3 Å². The average Bonchev–Trinajstić information content (AvgIpc) is 2.90. The van der Waals surface area contributed by atoms with Crippen LogP contribution in [0, 0.1) is 0 Å². The van der Waals surface area contributed by atoms with Gasteiger partial charge in [-0.05, 0) is 43.3 Å². The first-order valence-electron chi connectivity index (χ1n) is 11.8. The van der Waals surface area contributed by atoms with Gasteiger partial charge in [-0.2, -0.15) is 0 Å². The second kappa shape index (κ2) is 10.5. The minimum atomic E-state index is -0.407. The van der Waals surface area contributed by atoms with Gasteiger partial charge in [0.2, 0.25) is 11.2 Å². The Morgan fingerprint density at radius 2 is 1.80 bits per heavy atom. The highest BCUT2D eigenvalue weighted by Crippen LogP contribution is 2.32. The number of ether oxygens (including phenoxy) is 4. The zero-order valence-corrected chi connectivity index (χ0v) is 19.7. The summed E-state index contributed by atoms with van der Waals surface area (Å²) in [5.41, 5.74) is 1.51. The standard InChI is InChI=1S/C26H28N2O7/c1-2-32-26(30)18-3-5-19(6-4-18)35-23-16-33-25-20(24(23)29)7-8-22-21(25)15-28(17-34-22)10-9-27-11-13-31-14-12-27/h3-8,16H,2,9-15,17H2,1H3. The highest BCUT2D eigenvalue weighted by molar-refractivity contribution is 5.89. The lowest BCUT2D eigenvalue weighted by molar-refractivity contribution is 0.0241. The molecule has 0 spiro atoms. The van der Waals surface area contributed by atoms with Gasteiger partial charge in [-0.15, -0.1) is 0 Å². The molecule has 0 saturated carbocycles. The van der Waals surface area contributed by atoms with Crippen molar-refractivity contribution in [1.29, 1.82) is 0 Å². The molecular weight excluding hydrogens is 452 g/mol. The molecule has 9 nitrogen and oxygen atoms in total. The zero-order valence-electron chi connectivity index (χ0n) is 19.7. The van der Waals surface area contributed by atoms with Crippen LogP contribution in [0.3, 0.4) is 0 Å². The van der Waals surface area contributed by atoms with E-state index in [1.165, 1.54) is 6.26 Å². The van der Waals surface area contributed by atoms with Crippen LogP contribution in [0.2, 0.25) is 0 Å². The van der Waals surface area contributed by atoms with E-state index in [9.17, 15) is 9.59 Å². The van der Waals surface area contributed by atoms with E-state index in [0.717, 1.165) is 50.7 Å². The average molecular weight is 481 g/mol. The van der Waals surface area contributed by atoms with Gasteiger partial charge in [0.1, 0.15) is 30.1 Å². The first kappa shape index (κ1) is 23.3. The van der Waals surface area contributed by atoms with Gasteiger partial charge >= 0.3 is 5.97 Å². The summed E-state index contributed by atoms with van der Waals surface area (Å²) in [5, 5.41) is 0.433. The van der Waals surface area contributed by atoms with Crippen LogP contribution < -0.4 is 14.9 Å². The van der Waals surface area contributed by atoms with Gasteiger partial charge in [-0.3, -0.25) is 14.6 Å². The van der Waals surface area contributed by atoms with Crippen molar-refractivity contribution in [2.24, 2.45) is 0 Å². The van der Waals surface area contributed by atoms with Gasteiger partial charge in [0.15, 0.2) is 0 Å². The van der Waals surface area contributed by atoms with E-state index in [-0.39, 0.29) is 11.2 Å². The third kappa shape index (κ3) is 5.17. The van der Waals surface area contributed by atoms with Gasteiger partial charge in [0.25, 0.3) is 0 Å². The van der Waals surface area contributed by atoms with Crippen molar-refractivity contribution >= 4 is 16.9 Å². The number of hydrogen-bond donors (Lipinski definition) is 0. The number of fused-ring (bicyclic) bond motifs is 3. The van der Waals surface area contributed by atoms with Gasteiger partial charge in [-0.25, -0.2) is 4.79 Å². The fourth-order valence-corrected chi connectivity index (χ4v) is 4.26. The normalized spacial score (nSPS) is 16.5. The lowest BCUT2D eigenvalue weighted by atomic mass is 10.1. The van der Waals surface area contributed by atoms with E-state index in [2.05, 4.69) is 9.80 Å². The quantitative estimate of drug-likeness (QED) is 0.473. The molecule has 5 rings (SSSR count). The Hall–Kier alpha value is -3.40. The maximum atomic E-state index is 13.2. The SMILES string of the molecule is CCOC(=O)c1ccc(Oc2coc3c4c(ccc3c2=O)OCN(CCN2CCOCC2)C4)cc1. The minimum Gasteiger partial charge on any atom is -0.478 e. The van der Waals surface area contributed by atoms with Crippen LogP contribution >= 0.6 is 0 Å². The van der Waals surface area contributed by atoms with Crippen molar-refractivity contribution in [3.8, 4) is 17.2 Å². The molecule has 9 heteroatoms. The molecule has 3 aromatic rings. The van der Waals surface area contributed by atoms with Crippen molar-refractivity contribution in [3.63, 3.8) is 0 Å². The molecule has 1 aromatic heterocycles. The molecule has 0 radical (unpaired) electrons. The number of nitrogens with zero attached hydrogens (tertiary/aromatic N) is 2. The van der Waals surface area contributed by atoms with Crippen LogP contribution in [0.4, 0.5) is 0 Å². The molecule has 184 valence electrons. The highest BCUT2D eigenvalue weighted by Gasteiger charge is 2.23. The number of esters is 1. The van der Waals surface area contributed by atoms with Crippen molar-refractivity contribution in [1.82, 2.24) is 9.80 Å². The summed E-state index contributed by atoms with van der Waals surface area (Å²) in [6, 6.07) is 9.93. The molecule has 0 amide bonds. The summed E-state index contributed by atoms with van der Waals surface area (Å²) in [4.78, 5) is 29.6. The number of carbonyl (C=O) groups is 1. The number of benzene rings is 2. The van der Waals surface area contributed by atoms with E-state index >= 15 is 0 Å². The lowest BCUT2D eigenvalue weighted by Gasteiger charge is -2.32. The van der Waals surface area contributed by atoms with E-state index in [1.54, 1.807) is 37.3 Å². The molecule has 0 unspecified atom stereocenters. The third-order valence-electron chi connectivity index (χ3n) is 6.18. The second-order valence-electron chi connectivity index (χ2n) is 8.47. The summed E-state index contributed by atoms with van der Waals surface area (Å²) in [7, 11) is 0. The predicted molar refractivity (Wildman–Crippen MR) is 128 cm³/mol. The molecule has 1 fully saturated rings. The maximum absolute atomic E-state index is 13.2. The summed E-state index contributed by atoms with van der Waals surface area (Å²) in [5.74, 6) is 0.810. The summed E-state index contributed by atoms with van der Waals surface area (Å²) in [6.07, 6.45) is 1.33. The van der Waals surface area contributed by atoms with Crippen molar-refractivity contribution in [3.05, 3.63) is 64.0 Å². The Kier molecular flexibility index (Phi) is 6.98. The number of carbonyl (C=O) groups excluding carboxylic acids is 1. The van der Waals surface area contributed by atoms with E-state index in [1.807, 2.05) is 6.07 Å². The summed E-state index contributed by atoms with van der Waals surface area (Å²) in [6.45, 7) is 8.40. The second-order valence-corrected chi connectivity index (χ2v) is 8.47. The van der Waals surface area contributed by atoms with E-state index in [0.29, 0.717) is 42.2 Å². The predicted octanol–water partition coefficient (Wildman–Crippen LogP) is 3.25. The van der Waals surface area contributed by atoms with Gasteiger partial charge < -0.3 is 23.4 Å². The monoisotopic (exact) mass is 480 g/mol. The van der Waals surface area contributed by atoms with Crippen molar-refractivity contribution in [2.45, 2.75) is 13.5 Å². The maximum Gasteiger partial charge on any atom is 0.338 e. The zero-order chi connectivity index (χ0) is 24.2. The topological polar surface area (TPSA) is 90.7 Å². The molecule has 0 bridgehead atoms. The molecule has 0 N–H and O–H groups in total. The number of hydrogen-bond acceptors (Lipinski definition) is 9. The largest absolute Gasteiger partial charge is 0.478 e.